The van der Waals surface area contributed by atoms with E-state index in [-0.39, 0.29) is 18.5 Å². The average Bonchev–Trinajstić information content (AvgIpc) is 3.07. The van der Waals surface area contributed by atoms with Crippen LogP contribution in [0.3, 0.4) is 0 Å². The second-order valence-electron chi connectivity index (χ2n) is 5.84. The number of pyridine rings is 1. The number of nitrogens with zero attached hydrogens (tertiary/aromatic N) is 1. The zero-order chi connectivity index (χ0) is 16.2. The molecule has 1 fully saturated rings. The van der Waals surface area contributed by atoms with Crippen LogP contribution >= 0.6 is 0 Å². The molecule has 1 N–H and O–H groups in total. The summed E-state index contributed by atoms with van der Waals surface area (Å²) >= 11 is 0. The Balaban J connectivity index is 1.98. The fourth-order valence-electron chi connectivity index (χ4n) is 3.03. The number of para-hydroxylation sites is 1. The van der Waals surface area contributed by atoms with Crippen molar-refractivity contribution < 1.29 is 14.3 Å². The summed E-state index contributed by atoms with van der Waals surface area (Å²) in [6.45, 7) is 3.50. The molecule has 1 aliphatic heterocycles. The molecule has 3 rings (SSSR count). The van der Waals surface area contributed by atoms with Gasteiger partial charge in [0.15, 0.2) is 0 Å². The minimum Gasteiger partial charge on any atom is -0.469 e. The molecule has 1 aromatic carbocycles. The van der Waals surface area contributed by atoms with Gasteiger partial charge in [0, 0.05) is 35.5 Å². The first-order chi connectivity index (χ1) is 11.2. The Bertz CT molecular complexity index is 709. The number of hydrogen-bond donors (Lipinski definition) is 1. The Hall–Kier alpha value is -2.14. The molecule has 122 valence electrons. The molecule has 1 saturated heterocycles. The van der Waals surface area contributed by atoms with Crippen LogP contribution < -0.4 is 5.32 Å². The van der Waals surface area contributed by atoms with Crippen LogP contribution in [0, 0.1) is 6.92 Å². The number of methoxy groups -OCH3 is 1. The number of anilines is 1. The average molecular weight is 314 g/mol. The molecule has 1 unspecified atom stereocenters. The summed E-state index contributed by atoms with van der Waals surface area (Å²) in [4.78, 5) is 16.4. The first-order valence-electron chi connectivity index (χ1n) is 7.99. The third-order valence-corrected chi connectivity index (χ3v) is 4.28. The Morgan fingerprint density at radius 3 is 3.00 bits per heavy atom. The number of nitrogens with one attached hydrogen (secondary N) is 1. The van der Waals surface area contributed by atoms with Gasteiger partial charge in [0.25, 0.3) is 0 Å². The summed E-state index contributed by atoms with van der Waals surface area (Å²) in [5.74, 6) is -0.259. The van der Waals surface area contributed by atoms with Gasteiger partial charge in [-0.1, -0.05) is 18.2 Å². The summed E-state index contributed by atoms with van der Waals surface area (Å²) in [6, 6.07) is 7.97. The van der Waals surface area contributed by atoms with Gasteiger partial charge in [-0.15, -0.1) is 0 Å². The van der Waals surface area contributed by atoms with Crippen LogP contribution in [-0.2, 0) is 20.7 Å². The molecule has 2 heterocycles. The van der Waals surface area contributed by atoms with Gasteiger partial charge in [-0.3, -0.25) is 9.78 Å². The largest absolute Gasteiger partial charge is 0.469 e. The number of aromatic nitrogens is 1. The molecule has 0 bridgehead atoms. The molecule has 1 aromatic heterocycles. The van der Waals surface area contributed by atoms with E-state index in [1.807, 2.05) is 31.2 Å². The van der Waals surface area contributed by atoms with Gasteiger partial charge in [0.2, 0.25) is 0 Å². The molecule has 5 nitrogen and oxygen atoms in total. The predicted molar refractivity (Wildman–Crippen MR) is 89.7 cm³/mol. The lowest BCUT2D eigenvalue weighted by molar-refractivity contribution is -0.139. The quantitative estimate of drug-likeness (QED) is 0.860. The van der Waals surface area contributed by atoms with Crippen molar-refractivity contribution in [1.29, 1.82) is 0 Å². The molecule has 23 heavy (non-hydrogen) atoms. The van der Waals surface area contributed by atoms with Crippen LogP contribution in [0.4, 0.5) is 5.69 Å². The maximum absolute atomic E-state index is 11.8. The van der Waals surface area contributed by atoms with E-state index in [1.54, 1.807) is 0 Å². The van der Waals surface area contributed by atoms with Gasteiger partial charge in [0.05, 0.1) is 25.2 Å². The monoisotopic (exact) mass is 314 g/mol. The van der Waals surface area contributed by atoms with E-state index in [2.05, 4.69) is 10.3 Å². The second kappa shape index (κ2) is 6.96. The highest BCUT2D eigenvalue weighted by molar-refractivity contribution is 5.95. The fraction of sp³-hybridized carbons (Fsp3) is 0.444. The molecule has 0 aliphatic carbocycles. The zero-order valence-corrected chi connectivity index (χ0v) is 13.6. The predicted octanol–water partition coefficient (Wildman–Crippen LogP) is 2.85. The number of hydrogen-bond acceptors (Lipinski definition) is 5. The van der Waals surface area contributed by atoms with E-state index >= 15 is 0 Å². The van der Waals surface area contributed by atoms with Crippen molar-refractivity contribution in [2.24, 2.45) is 0 Å². The number of rotatable bonds is 5. The van der Waals surface area contributed by atoms with E-state index in [1.165, 1.54) is 7.11 Å². The zero-order valence-electron chi connectivity index (χ0n) is 13.6. The van der Waals surface area contributed by atoms with Crippen molar-refractivity contribution in [3.63, 3.8) is 0 Å². The van der Waals surface area contributed by atoms with Crippen molar-refractivity contribution in [3.05, 3.63) is 35.5 Å². The maximum atomic E-state index is 11.8. The lowest BCUT2D eigenvalue weighted by atomic mass is 10.0. The smallest absolute Gasteiger partial charge is 0.310 e. The van der Waals surface area contributed by atoms with Crippen LogP contribution in [0.1, 0.15) is 24.1 Å². The van der Waals surface area contributed by atoms with Gasteiger partial charge >= 0.3 is 5.97 Å². The normalized spacial score (nSPS) is 17.4. The highest BCUT2D eigenvalue weighted by Gasteiger charge is 2.19. The van der Waals surface area contributed by atoms with Crippen LogP contribution in [-0.4, -0.2) is 37.3 Å². The Morgan fingerprint density at radius 2 is 2.26 bits per heavy atom. The first kappa shape index (κ1) is 15.7. The lowest BCUT2D eigenvalue weighted by Crippen LogP contribution is -2.20. The van der Waals surface area contributed by atoms with Crippen molar-refractivity contribution in [2.75, 3.05) is 25.6 Å². The number of aryl methyl sites for hydroxylation is 1. The van der Waals surface area contributed by atoms with Crippen LogP contribution in [0.15, 0.2) is 24.3 Å². The van der Waals surface area contributed by atoms with Gasteiger partial charge < -0.3 is 14.8 Å². The number of esters is 1. The molecule has 1 atom stereocenters. The molecule has 2 aromatic rings. The lowest BCUT2D eigenvalue weighted by Gasteiger charge is -2.18. The molecular weight excluding hydrogens is 292 g/mol. The molecular formula is C18H22N2O3. The van der Waals surface area contributed by atoms with Crippen molar-refractivity contribution in [1.82, 2.24) is 4.98 Å². The number of carbonyl (C=O) groups excluding carboxylic acids is 1. The topological polar surface area (TPSA) is 60.5 Å². The SMILES string of the molecule is COC(=O)Cc1c(C)nc2ccccc2c1NCC1CCCO1. The summed E-state index contributed by atoms with van der Waals surface area (Å²) in [7, 11) is 1.41. The van der Waals surface area contributed by atoms with E-state index in [4.69, 9.17) is 9.47 Å². The van der Waals surface area contributed by atoms with Gasteiger partial charge in [-0.25, -0.2) is 0 Å². The van der Waals surface area contributed by atoms with Crippen molar-refractivity contribution >= 4 is 22.6 Å². The van der Waals surface area contributed by atoms with E-state index < -0.39 is 0 Å². The Morgan fingerprint density at radius 1 is 1.43 bits per heavy atom. The number of fused-ring (bicyclic) bond motifs is 1. The Kier molecular flexibility index (Phi) is 4.76. The highest BCUT2D eigenvalue weighted by Crippen LogP contribution is 2.29. The van der Waals surface area contributed by atoms with Crippen LogP contribution in [0.5, 0.6) is 0 Å². The second-order valence-corrected chi connectivity index (χ2v) is 5.84. The van der Waals surface area contributed by atoms with Gasteiger partial charge in [0.1, 0.15) is 0 Å². The third kappa shape index (κ3) is 3.45. The molecule has 1 aliphatic rings. The maximum Gasteiger partial charge on any atom is 0.310 e. The number of benzene rings is 1. The fourth-order valence-corrected chi connectivity index (χ4v) is 3.03. The number of carbonyl (C=O) groups is 1. The standard InChI is InChI=1S/C18H22N2O3/c1-12-15(10-17(21)22-2)18(19-11-13-6-5-9-23-13)14-7-3-4-8-16(14)20-12/h3-4,7-8,13H,5-6,9-11H2,1-2H3,(H,19,20). The van der Waals surface area contributed by atoms with Crippen LogP contribution in [0.2, 0.25) is 0 Å². The summed E-state index contributed by atoms with van der Waals surface area (Å²) in [6.07, 6.45) is 2.63. The van der Waals surface area contributed by atoms with Gasteiger partial charge in [-0.05, 0) is 25.8 Å². The van der Waals surface area contributed by atoms with E-state index in [0.717, 1.165) is 53.8 Å². The summed E-state index contributed by atoms with van der Waals surface area (Å²) in [5, 5.41) is 4.52. The molecule has 5 heteroatoms. The number of ether oxygens (including phenoxy) is 2. The third-order valence-electron chi connectivity index (χ3n) is 4.28. The summed E-state index contributed by atoms with van der Waals surface area (Å²) in [5.41, 5.74) is 3.64. The summed E-state index contributed by atoms with van der Waals surface area (Å²) < 4.78 is 10.5. The van der Waals surface area contributed by atoms with Crippen LogP contribution in [0.25, 0.3) is 10.9 Å². The molecule has 0 radical (unpaired) electrons. The van der Waals surface area contributed by atoms with E-state index in [9.17, 15) is 4.79 Å². The van der Waals surface area contributed by atoms with Crippen molar-refractivity contribution in [2.45, 2.75) is 32.3 Å². The van der Waals surface area contributed by atoms with Gasteiger partial charge in [-0.2, -0.15) is 0 Å². The first-order valence-corrected chi connectivity index (χ1v) is 7.99. The minimum absolute atomic E-state index is 0.216. The van der Waals surface area contributed by atoms with Crippen molar-refractivity contribution in [3.8, 4) is 0 Å². The minimum atomic E-state index is -0.259. The molecule has 0 amide bonds. The highest BCUT2D eigenvalue weighted by atomic mass is 16.5. The van der Waals surface area contributed by atoms with E-state index in [0.29, 0.717) is 0 Å². The molecule has 0 saturated carbocycles. The molecule has 0 spiro atoms. The Labute approximate surface area is 136 Å².